The number of hydrogen-bond acceptors (Lipinski definition) is 9. The van der Waals surface area contributed by atoms with Crippen molar-refractivity contribution in [3.63, 3.8) is 0 Å². The molecule has 0 aromatic rings. The molecule has 0 aliphatic heterocycles. The molecule has 69 heavy (non-hydrogen) atoms. The maximum Gasteiger partial charge on any atom is 0.306 e. The van der Waals surface area contributed by atoms with Crippen molar-refractivity contribution in [1.29, 1.82) is 0 Å². The summed E-state index contributed by atoms with van der Waals surface area (Å²) in [7, 11) is 0. The normalized spacial score (nSPS) is 13.3. The number of aliphatic hydroxyl groups is 3. The van der Waals surface area contributed by atoms with E-state index in [-0.39, 0.29) is 19.3 Å². The second-order valence-corrected chi connectivity index (χ2v) is 21.0. The van der Waals surface area contributed by atoms with Crippen molar-refractivity contribution in [2.45, 2.75) is 353 Å². The van der Waals surface area contributed by atoms with E-state index in [0.717, 1.165) is 57.8 Å². The van der Waals surface area contributed by atoms with Gasteiger partial charge in [0.05, 0.1) is 6.61 Å². The maximum absolute atomic E-state index is 13.2. The average Bonchev–Trinajstić information content (AvgIpc) is 3.35. The second kappa shape index (κ2) is 54.1. The van der Waals surface area contributed by atoms with Gasteiger partial charge >= 0.3 is 17.9 Å². The van der Waals surface area contributed by atoms with Gasteiger partial charge in [-0.25, -0.2) is 0 Å². The predicted octanol–water partition coefficient (Wildman–Crippen LogP) is 16.9. The fourth-order valence-corrected chi connectivity index (χ4v) is 9.50. The van der Waals surface area contributed by atoms with E-state index in [9.17, 15) is 29.7 Å². The van der Waals surface area contributed by atoms with Crippen molar-refractivity contribution in [1.82, 2.24) is 0 Å². The number of carbonyl (C=O) groups is 3. The van der Waals surface area contributed by atoms with E-state index in [1.165, 1.54) is 212 Å². The SMILES string of the molecule is CCCCCCCCCCCCCCCCCC(=O)OC[C@@H](OC(=O)CCCCCCCCCCCCCCCCC)[C@@H](OC(=O)CCCCCCCCCCCCCCCCC)[C@H](O)[C@@H](O)CO. The first-order valence-electron chi connectivity index (χ1n) is 30.3. The predicted molar refractivity (Wildman–Crippen MR) is 288 cm³/mol. The fourth-order valence-electron chi connectivity index (χ4n) is 9.50. The zero-order valence-electron chi connectivity index (χ0n) is 46.0. The Labute approximate surface area is 426 Å². The van der Waals surface area contributed by atoms with E-state index >= 15 is 0 Å². The minimum absolute atomic E-state index is 0.107. The van der Waals surface area contributed by atoms with E-state index in [2.05, 4.69) is 20.8 Å². The first kappa shape index (κ1) is 67.3. The molecule has 0 aliphatic rings. The standard InChI is InChI=1S/C60H116O9/c1-4-7-10-13-16-19-22-25-28-31-34-37-40-43-46-49-56(63)67-53-55(68-57(64)50-47-44-41-38-35-32-29-26-23-20-17-14-11-8-5-2)60(59(66)54(62)52-61)69-58(65)51-48-45-42-39-36-33-30-27-24-21-18-15-12-9-6-3/h54-55,59-62,66H,4-53H2,1-3H3/t54-,55+,59+,60+/m0/s1. The Bertz CT molecular complexity index is 1080. The molecule has 9 heteroatoms. The van der Waals surface area contributed by atoms with E-state index in [4.69, 9.17) is 14.2 Å². The monoisotopic (exact) mass is 981 g/mol. The molecular formula is C60H116O9. The molecule has 0 heterocycles. The van der Waals surface area contributed by atoms with Crippen molar-refractivity contribution in [3.8, 4) is 0 Å². The number of esters is 3. The van der Waals surface area contributed by atoms with Gasteiger partial charge in [-0.15, -0.1) is 0 Å². The van der Waals surface area contributed by atoms with Crippen LogP contribution < -0.4 is 0 Å². The summed E-state index contributed by atoms with van der Waals surface area (Å²) >= 11 is 0. The summed E-state index contributed by atoms with van der Waals surface area (Å²) < 4.78 is 17.2. The molecule has 0 saturated carbocycles. The molecule has 0 rings (SSSR count). The third-order valence-corrected chi connectivity index (χ3v) is 14.2. The third kappa shape index (κ3) is 47.1. The van der Waals surface area contributed by atoms with Crippen LogP contribution in [0.4, 0.5) is 0 Å². The Morgan fingerprint density at radius 2 is 0.565 bits per heavy atom. The zero-order chi connectivity index (χ0) is 50.5. The van der Waals surface area contributed by atoms with Crippen molar-refractivity contribution in [3.05, 3.63) is 0 Å². The van der Waals surface area contributed by atoms with Gasteiger partial charge in [-0.1, -0.05) is 290 Å². The molecule has 0 fully saturated rings. The zero-order valence-corrected chi connectivity index (χ0v) is 46.0. The van der Waals surface area contributed by atoms with E-state index < -0.39 is 55.5 Å². The van der Waals surface area contributed by atoms with Crippen LogP contribution in [0, 0.1) is 0 Å². The number of ether oxygens (including phenoxy) is 3. The lowest BCUT2D eigenvalue weighted by Gasteiger charge is -2.31. The lowest BCUT2D eigenvalue weighted by molar-refractivity contribution is -0.193. The number of carbonyl (C=O) groups excluding carboxylic acids is 3. The molecule has 9 nitrogen and oxygen atoms in total. The molecule has 4 atom stereocenters. The van der Waals surface area contributed by atoms with Crippen LogP contribution in [0.15, 0.2) is 0 Å². The van der Waals surface area contributed by atoms with Crippen LogP contribution in [-0.4, -0.2) is 70.9 Å². The molecule has 0 radical (unpaired) electrons. The van der Waals surface area contributed by atoms with Crippen LogP contribution in [-0.2, 0) is 28.6 Å². The molecule has 0 aromatic carbocycles. The van der Waals surface area contributed by atoms with E-state index in [0.29, 0.717) is 19.3 Å². The van der Waals surface area contributed by atoms with Crippen LogP contribution >= 0.6 is 0 Å². The van der Waals surface area contributed by atoms with Gasteiger partial charge in [-0.2, -0.15) is 0 Å². The van der Waals surface area contributed by atoms with Gasteiger partial charge in [0, 0.05) is 19.3 Å². The topological polar surface area (TPSA) is 140 Å². The highest BCUT2D eigenvalue weighted by Gasteiger charge is 2.39. The fraction of sp³-hybridized carbons (Fsp3) is 0.950. The molecule has 0 bridgehead atoms. The van der Waals surface area contributed by atoms with Crippen molar-refractivity contribution < 1.29 is 43.9 Å². The Hall–Kier alpha value is -1.71. The summed E-state index contributed by atoms with van der Waals surface area (Å²) in [5.41, 5.74) is 0. The molecule has 3 N–H and O–H groups in total. The lowest BCUT2D eigenvalue weighted by atomic mass is 10.0. The summed E-state index contributed by atoms with van der Waals surface area (Å²) in [5.74, 6) is -1.58. The minimum atomic E-state index is -1.75. The molecule has 0 saturated heterocycles. The highest BCUT2D eigenvalue weighted by atomic mass is 16.6. The maximum atomic E-state index is 13.2. The number of aliphatic hydroxyl groups excluding tert-OH is 3. The van der Waals surface area contributed by atoms with E-state index in [1.54, 1.807) is 0 Å². The van der Waals surface area contributed by atoms with Crippen LogP contribution in [0.5, 0.6) is 0 Å². The lowest BCUT2D eigenvalue weighted by Crippen LogP contribution is -2.51. The van der Waals surface area contributed by atoms with Gasteiger partial charge < -0.3 is 29.5 Å². The molecule has 0 amide bonds. The van der Waals surface area contributed by atoms with Gasteiger partial charge in [0.1, 0.15) is 18.8 Å². The Morgan fingerprint density at radius 1 is 0.333 bits per heavy atom. The minimum Gasteiger partial charge on any atom is -0.462 e. The molecule has 0 spiro atoms. The largest absolute Gasteiger partial charge is 0.462 e. The van der Waals surface area contributed by atoms with Gasteiger partial charge in [0.25, 0.3) is 0 Å². The molecular weight excluding hydrogens is 865 g/mol. The highest BCUT2D eigenvalue weighted by molar-refractivity contribution is 5.71. The molecule has 0 aromatic heterocycles. The summed E-state index contributed by atoms with van der Waals surface area (Å²) in [6.07, 6.45) is 48.9. The summed E-state index contributed by atoms with van der Waals surface area (Å²) in [5, 5.41) is 31.4. The highest BCUT2D eigenvalue weighted by Crippen LogP contribution is 2.21. The summed E-state index contributed by atoms with van der Waals surface area (Å²) in [6, 6.07) is 0. The Balaban J connectivity index is 4.94. The smallest absolute Gasteiger partial charge is 0.306 e. The van der Waals surface area contributed by atoms with Crippen molar-refractivity contribution >= 4 is 17.9 Å². The number of unbranched alkanes of at least 4 members (excludes halogenated alkanes) is 42. The first-order chi connectivity index (χ1) is 33.8. The van der Waals surface area contributed by atoms with Gasteiger partial charge in [0.2, 0.25) is 0 Å². The van der Waals surface area contributed by atoms with Crippen LogP contribution in [0.2, 0.25) is 0 Å². The average molecular weight is 982 g/mol. The van der Waals surface area contributed by atoms with Crippen molar-refractivity contribution in [2.24, 2.45) is 0 Å². The van der Waals surface area contributed by atoms with Gasteiger partial charge in [0.15, 0.2) is 12.2 Å². The quantitative estimate of drug-likeness (QED) is 0.0309. The molecule has 0 aliphatic carbocycles. The second-order valence-electron chi connectivity index (χ2n) is 21.0. The third-order valence-electron chi connectivity index (χ3n) is 14.2. The number of rotatable bonds is 56. The van der Waals surface area contributed by atoms with Crippen LogP contribution in [0.25, 0.3) is 0 Å². The number of hydrogen-bond donors (Lipinski definition) is 3. The molecule has 410 valence electrons. The van der Waals surface area contributed by atoms with Gasteiger partial charge in [-0.05, 0) is 19.3 Å². The summed E-state index contributed by atoms with van der Waals surface area (Å²) in [4.78, 5) is 39.4. The molecule has 0 unspecified atom stereocenters. The van der Waals surface area contributed by atoms with Crippen molar-refractivity contribution in [2.75, 3.05) is 13.2 Å². The summed E-state index contributed by atoms with van der Waals surface area (Å²) in [6.45, 7) is 5.57. The van der Waals surface area contributed by atoms with Gasteiger partial charge in [-0.3, -0.25) is 14.4 Å². The van der Waals surface area contributed by atoms with E-state index in [1.807, 2.05) is 0 Å². The van der Waals surface area contributed by atoms with Crippen LogP contribution in [0.3, 0.4) is 0 Å². The Kier molecular flexibility index (Phi) is 52.7. The Morgan fingerprint density at radius 3 is 0.826 bits per heavy atom. The first-order valence-corrected chi connectivity index (χ1v) is 30.3. The van der Waals surface area contributed by atoms with Crippen LogP contribution in [0.1, 0.15) is 329 Å².